The first-order valence-corrected chi connectivity index (χ1v) is 11.8. The standard InChI is InChI=1S/C26H35N3O2/c1-3-31-25-10-5-4-9-24(25)28-15-17-29(18-16-28)26(30)23-11-13-27(14-12-23)20-22-8-6-7-21(2)19-22/h4-10,19,23H,3,11-18,20H2,1-2H3/p+1. The van der Waals surface area contributed by atoms with E-state index in [9.17, 15) is 4.79 Å². The minimum Gasteiger partial charge on any atom is -0.492 e. The summed E-state index contributed by atoms with van der Waals surface area (Å²) in [5.74, 6) is 1.50. The van der Waals surface area contributed by atoms with E-state index >= 15 is 0 Å². The van der Waals surface area contributed by atoms with Crippen LogP contribution in [0.25, 0.3) is 0 Å². The number of carbonyl (C=O) groups excluding carboxylic acids is 1. The average Bonchev–Trinajstić information content (AvgIpc) is 2.80. The van der Waals surface area contributed by atoms with Gasteiger partial charge in [0.1, 0.15) is 12.3 Å². The molecule has 4 rings (SSSR count). The zero-order valence-electron chi connectivity index (χ0n) is 19.0. The summed E-state index contributed by atoms with van der Waals surface area (Å²) in [5, 5.41) is 0. The molecule has 0 aromatic heterocycles. The molecule has 0 unspecified atom stereocenters. The molecule has 5 heteroatoms. The average molecular weight is 423 g/mol. The minimum atomic E-state index is 0.198. The Bertz CT molecular complexity index is 868. The molecule has 2 aliphatic heterocycles. The first kappa shape index (κ1) is 21.7. The zero-order valence-corrected chi connectivity index (χ0v) is 19.0. The van der Waals surface area contributed by atoms with Gasteiger partial charge in [-0.1, -0.05) is 42.0 Å². The topological polar surface area (TPSA) is 37.2 Å². The summed E-state index contributed by atoms with van der Waals surface area (Å²) in [7, 11) is 0. The van der Waals surface area contributed by atoms with Gasteiger partial charge < -0.3 is 19.4 Å². The molecule has 5 nitrogen and oxygen atoms in total. The third kappa shape index (κ3) is 5.40. The number of nitrogens with one attached hydrogen (secondary N) is 1. The van der Waals surface area contributed by atoms with E-state index in [4.69, 9.17) is 4.74 Å². The number of amides is 1. The fourth-order valence-corrected chi connectivity index (χ4v) is 4.98. The fraction of sp³-hybridized carbons (Fsp3) is 0.500. The van der Waals surface area contributed by atoms with Crippen LogP contribution in [0.15, 0.2) is 48.5 Å². The summed E-state index contributed by atoms with van der Waals surface area (Å²) < 4.78 is 5.79. The van der Waals surface area contributed by atoms with Gasteiger partial charge in [-0.05, 0) is 26.0 Å². The van der Waals surface area contributed by atoms with Crippen LogP contribution >= 0.6 is 0 Å². The lowest BCUT2D eigenvalue weighted by molar-refractivity contribution is -0.919. The van der Waals surface area contributed by atoms with Gasteiger partial charge in [-0.2, -0.15) is 0 Å². The third-order valence-electron chi connectivity index (χ3n) is 6.68. The lowest BCUT2D eigenvalue weighted by Gasteiger charge is -2.39. The third-order valence-corrected chi connectivity index (χ3v) is 6.68. The van der Waals surface area contributed by atoms with Crippen LogP contribution in [-0.4, -0.2) is 56.7 Å². The maximum atomic E-state index is 13.1. The maximum absolute atomic E-state index is 13.1. The number of hydrogen-bond donors (Lipinski definition) is 1. The number of aryl methyl sites for hydroxylation is 1. The number of nitrogens with zero attached hydrogens (tertiary/aromatic N) is 2. The second kappa shape index (κ2) is 10.2. The minimum absolute atomic E-state index is 0.198. The Morgan fingerprint density at radius 3 is 2.48 bits per heavy atom. The Hall–Kier alpha value is -2.53. The van der Waals surface area contributed by atoms with Gasteiger partial charge in [0.25, 0.3) is 0 Å². The van der Waals surface area contributed by atoms with Gasteiger partial charge >= 0.3 is 0 Å². The smallest absolute Gasteiger partial charge is 0.226 e. The molecule has 0 radical (unpaired) electrons. The molecular formula is C26H36N3O2+. The van der Waals surface area contributed by atoms with Crippen molar-refractivity contribution in [2.45, 2.75) is 33.2 Å². The molecule has 0 spiro atoms. The highest BCUT2D eigenvalue weighted by Crippen LogP contribution is 2.29. The molecule has 0 aliphatic carbocycles. The van der Waals surface area contributed by atoms with E-state index in [-0.39, 0.29) is 5.92 Å². The molecule has 2 fully saturated rings. The Morgan fingerprint density at radius 2 is 1.77 bits per heavy atom. The number of hydrogen-bond acceptors (Lipinski definition) is 3. The largest absolute Gasteiger partial charge is 0.492 e. The fourth-order valence-electron chi connectivity index (χ4n) is 4.98. The second-order valence-electron chi connectivity index (χ2n) is 8.90. The Morgan fingerprint density at radius 1 is 1.03 bits per heavy atom. The van der Waals surface area contributed by atoms with Crippen molar-refractivity contribution >= 4 is 11.6 Å². The molecule has 1 N–H and O–H groups in total. The van der Waals surface area contributed by atoms with Crippen molar-refractivity contribution in [3.8, 4) is 5.75 Å². The number of benzene rings is 2. The lowest BCUT2D eigenvalue weighted by atomic mass is 9.94. The quantitative estimate of drug-likeness (QED) is 0.777. The number of anilines is 1. The van der Waals surface area contributed by atoms with Crippen LogP contribution in [0.3, 0.4) is 0 Å². The monoisotopic (exact) mass is 422 g/mol. The number of ether oxygens (including phenoxy) is 1. The number of piperazine rings is 1. The number of quaternary nitrogens is 1. The molecule has 2 aliphatic rings. The van der Waals surface area contributed by atoms with Crippen molar-refractivity contribution < 1.29 is 14.4 Å². The molecule has 0 saturated carbocycles. The van der Waals surface area contributed by atoms with Gasteiger partial charge in [0, 0.05) is 50.5 Å². The molecule has 2 saturated heterocycles. The summed E-state index contributed by atoms with van der Waals surface area (Å²) in [6, 6.07) is 17.0. The van der Waals surface area contributed by atoms with Crippen LogP contribution in [0.2, 0.25) is 0 Å². The summed E-state index contributed by atoms with van der Waals surface area (Å²) in [6.07, 6.45) is 2.01. The van der Waals surface area contributed by atoms with Crippen LogP contribution in [-0.2, 0) is 11.3 Å². The lowest BCUT2D eigenvalue weighted by Crippen LogP contribution is -3.11. The molecule has 1 amide bonds. The molecule has 0 atom stereocenters. The normalized spacial score (nSPS) is 21.7. The predicted octanol–water partition coefficient (Wildman–Crippen LogP) is 2.54. The number of piperidine rings is 1. The first-order chi connectivity index (χ1) is 15.1. The van der Waals surface area contributed by atoms with E-state index in [1.165, 1.54) is 11.1 Å². The molecule has 31 heavy (non-hydrogen) atoms. The predicted molar refractivity (Wildman–Crippen MR) is 125 cm³/mol. The van der Waals surface area contributed by atoms with Gasteiger partial charge in [0.15, 0.2) is 0 Å². The van der Waals surface area contributed by atoms with Crippen LogP contribution in [0, 0.1) is 12.8 Å². The van der Waals surface area contributed by atoms with Crippen molar-refractivity contribution in [3.05, 3.63) is 59.7 Å². The van der Waals surface area contributed by atoms with Gasteiger partial charge in [0.2, 0.25) is 5.91 Å². The number of para-hydroxylation sites is 2. The van der Waals surface area contributed by atoms with Crippen LogP contribution < -0.4 is 14.5 Å². The van der Waals surface area contributed by atoms with E-state index in [0.717, 1.165) is 70.1 Å². The highest BCUT2D eigenvalue weighted by atomic mass is 16.5. The van der Waals surface area contributed by atoms with Crippen LogP contribution in [0.1, 0.15) is 30.9 Å². The zero-order chi connectivity index (χ0) is 21.6. The molecular weight excluding hydrogens is 386 g/mol. The summed E-state index contributed by atoms with van der Waals surface area (Å²) >= 11 is 0. The maximum Gasteiger partial charge on any atom is 0.226 e. The molecule has 2 aromatic rings. The van der Waals surface area contributed by atoms with Crippen LogP contribution in [0.5, 0.6) is 5.75 Å². The van der Waals surface area contributed by atoms with E-state index in [2.05, 4.69) is 53.1 Å². The first-order valence-electron chi connectivity index (χ1n) is 11.8. The van der Waals surface area contributed by atoms with Crippen molar-refractivity contribution in [1.82, 2.24) is 4.90 Å². The van der Waals surface area contributed by atoms with Gasteiger partial charge in [-0.25, -0.2) is 0 Å². The molecule has 166 valence electrons. The SMILES string of the molecule is CCOc1ccccc1N1CCN(C(=O)C2CC[NH+](Cc3cccc(C)c3)CC2)CC1. The van der Waals surface area contributed by atoms with Gasteiger partial charge in [-0.15, -0.1) is 0 Å². The number of likely N-dealkylation sites (tertiary alicyclic amines) is 1. The summed E-state index contributed by atoms with van der Waals surface area (Å²) in [5.41, 5.74) is 3.87. The Kier molecular flexibility index (Phi) is 7.13. The van der Waals surface area contributed by atoms with E-state index in [1.54, 1.807) is 4.90 Å². The van der Waals surface area contributed by atoms with Crippen molar-refractivity contribution in [1.29, 1.82) is 0 Å². The van der Waals surface area contributed by atoms with Gasteiger partial charge in [-0.3, -0.25) is 4.79 Å². The second-order valence-corrected chi connectivity index (χ2v) is 8.90. The molecule has 2 heterocycles. The number of carbonyl (C=O) groups is 1. The summed E-state index contributed by atoms with van der Waals surface area (Å²) in [4.78, 5) is 19.2. The van der Waals surface area contributed by atoms with E-state index < -0.39 is 0 Å². The Balaban J connectivity index is 1.26. The Labute approximate surface area is 186 Å². The van der Waals surface area contributed by atoms with E-state index in [1.807, 2.05) is 19.1 Å². The molecule has 0 bridgehead atoms. The number of rotatable bonds is 6. The van der Waals surface area contributed by atoms with Crippen LogP contribution in [0.4, 0.5) is 5.69 Å². The van der Waals surface area contributed by atoms with Crippen molar-refractivity contribution in [2.24, 2.45) is 5.92 Å². The van der Waals surface area contributed by atoms with Crippen molar-refractivity contribution in [3.63, 3.8) is 0 Å². The van der Waals surface area contributed by atoms with Crippen molar-refractivity contribution in [2.75, 3.05) is 50.8 Å². The highest BCUT2D eigenvalue weighted by molar-refractivity contribution is 5.79. The summed E-state index contributed by atoms with van der Waals surface area (Å²) in [6.45, 7) is 11.4. The molecule has 2 aromatic carbocycles. The van der Waals surface area contributed by atoms with E-state index in [0.29, 0.717) is 12.5 Å². The highest BCUT2D eigenvalue weighted by Gasteiger charge is 2.32. The van der Waals surface area contributed by atoms with Gasteiger partial charge in [0.05, 0.1) is 25.4 Å².